The average molecular weight is 388 g/mol. The average Bonchev–Trinajstić information content (AvgIpc) is 3.24. The molecule has 1 aliphatic rings. The summed E-state index contributed by atoms with van der Waals surface area (Å²) in [6.45, 7) is 0.524. The normalized spacial score (nSPS) is 16.9. The maximum Gasteiger partial charge on any atom is 0.239 e. The molecule has 1 unspecified atom stereocenters. The predicted molar refractivity (Wildman–Crippen MR) is 97.6 cm³/mol. The summed E-state index contributed by atoms with van der Waals surface area (Å²) in [6.07, 6.45) is 3.60. The smallest absolute Gasteiger partial charge is 0.239 e. The van der Waals surface area contributed by atoms with Crippen molar-refractivity contribution in [2.75, 3.05) is 11.4 Å². The van der Waals surface area contributed by atoms with Crippen molar-refractivity contribution in [1.29, 1.82) is 0 Å². The van der Waals surface area contributed by atoms with Crippen LogP contribution in [-0.4, -0.2) is 33.5 Å². The van der Waals surface area contributed by atoms with Gasteiger partial charge in [-0.1, -0.05) is 11.6 Å². The van der Waals surface area contributed by atoms with Gasteiger partial charge in [-0.15, -0.1) is 0 Å². The van der Waals surface area contributed by atoms with Crippen LogP contribution in [0.15, 0.2) is 36.7 Å². The molecule has 0 bridgehead atoms. The monoisotopic (exact) mass is 387 g/mol. The third kappa shape index (κ3) is 3.48. The van der Waals surface area contributed by atoms with Crippen LogP contribution in [0.25, 0.3) is 11.0 Å². The zero-order valence-electron chi connectivity index (χ0n) is 14.1. The van der Waals surface area contributed by atoms with Gasteiger partial charge >= 0.3 is 0 Å². The number of nitrogens with one attached hydrogen (secondary N) is 2. The highest BCUT2D eigenvalue weighted by Crippen LogP contribution is 2.27. The Morgan fingerprint density at radius 3 is 3.00 bits per heavy atom. The molecule has 0 aliphatic carbocycles. The van der Waals surface area contributed by atoms with Gasteiger partial charge in [0.25, 0.3) is 0 Å². The number of anilines is 1. The Labute approximate surface area is 158 Å². The Morgan fingerprint density at radius 1 is 1.33 bits per heavy atom. The van der Waals surface area contributed by atoms with E-state index < -0.39 is 11.7 Å². The molecule has 1 aromatic carbocycles. The number of carbonyl (C=O) groups is 2. The summed E-state index contributed by atoms with van der Waals surface area (Å²) in [5.41, 5.74) is 1.79. The van der Waals surface area contributed by atoms with Crippen LogP contribution in [0.5, 0.6) is 0 Å². The molecule has 27 heavy (non-hydrogen) atoms. The maximum absolute atomic E-state index is 13.4. The topological polar surface area (TPSA) is 91.0 Å². The number of fused-ring (bicyclic) bond motifs is 1. The van der Waals surface area contributed by atoms with Crippen LogP contribution >= 0.6 is 11.6 Å². The number of amides is 2. The van der Waals surface area contributed by atoms with E-state index in [9.17, 15) is 14.0 Å². The van der Waals surface area contributed by atoms with E-state index in [4.69, 9.17) is 11.6 Å². The first-order valence-corrected chi connectivity index (χ1v) is 8.72. The molecule has 4 rings (SSSR count). The van der Waals surface area contributed by atoms with Gasteiger partial charge in [-0.05, 0) is 36.2 Å². The SMILES string of the molecule is O=C(NCc1cc(F)cc(Cl)c1)C1CCN(c2cnc3[nH]ncc3c2)C1=O. The van der Waals surface area contributed by atoms with E-state index in [2.05, 4.69) is 20.5 Å². The minimum Gasteiger partial charge on any atom is -0.351 e. The van der Waals surface area contributed by atoms with Crippen LogP contribution in [-0.2, 0) is 16.1 Å². The standard InChI is InChI=1S/C18H15ClFN5O2/c19-12-3-10(4-13(20)6-12)7-22-17(26)15-1-2-25(18(15)27)14-5-11-8-23-24-16(11)21-9-14/h3-6,8-9,15H,1-2,7H2,(H,22,26)(H,21,23,24). The van der Waals surface area contributed by atoms with Gasteiger partial charge in [-0.3, -0.25) is 14.7 Å². The third-order valence-electron chi connectivity index (χ3n) is 4.50. The van der Waals surface area contributed by atoms with Crippen LogP contribution in [0.1, 0.15) is 12.0 Å². The third-order valence-corrected chi connectivity index (χ3v) is 4.72. The summed E-state index contributed by atoms with van der Waals surface area (Å²) in [4.78, 5) is 30.9. The summed E-state index contributed by atoms with van der Waals surface area (Å²) < 4.78 is 13.4. The molecule has 3 aromatic rings. The van der Waals surface area contributed by atoms with E-state index >= 15 is 0 Å². The van der Waals surface area contributed by atoms with Gasteiger partial charge in [-0.25, -0.2) is 9.37 Å². The minimum absolute atomic E-state index is 0.0998. The lowest BCUT2D eigenvalue weighted by atomic mass is 10.1. The highest BCUT2D eigenvalue weighted by molar-refractivity contribution is 6.30. The highest BCUT2D eigenvalue weighted by Gasteiger charge is 2.37. The maximum atomic E-state index is 13.4. The van der Waals surface area contributed by atoms with E-state index in [0.717, 1.165) is 5.39 Å². The molecule has 2 N–H and O–H groups in total. The van der Waals surface area contributed by atoms with Gasteiger partial charge in [0, 0.05) is 23.5 Å². The van der Waals surface area contributed by atoms with Gasteiger partial charge in [-0.2, -0.15) is 5.10 Å². The fraction of sp³-hybridized carbons (Fsp3) is 0.222. The number of nitrogens with zero attached hydrogens (tertiary/aromatic N) is 3. The molecule has 1 aliphatic heterocycles. The minimum atomic E-state index is -0.783. The van der Waals surface area contributed by atoms with Gasteiger partial charge in [0.2, 0.25) is 11.8 Å². The number of benzene rings is 1. The Balaban J connectivity index is 1.43. The second-order valence-corrected chi connectivity index (χ2v) is 6.76. The summed E-state index contributed by atoms with van der Waals surface area (Å²) in [6, 6.07) is 5.86. The van der Waals surface area contributed by atoms with Crippen LogP contribution < -0.4 is 10.2 Å². The van der Waals surface area contributed by atoms with E-state index in [1.807, 2.05) is 0 Å². The molecule has 138 valence electrons. The van der Waals surface area contributed by atoms with Crippen molar-refractivity contribution in [2.45, 2.75) is 13.0 Å². The number of hydrogen-bond acceptors (Lipinski definition) is 4. The molecule has 3 heterocycles. The van der Waals surface area contributed by atoms with Gasteiger partial charge in [0.1, 0.15) is 11.7 Å². The quantitative estimate of drug-likeness (QED) is 0.672. The molecule has 0 radical (unpaired) electrons. The first-order valence-electron chi connectivity index (χ1n) is 8.34. The number of hydrogen-bond donors (Lipinski definition) is 2. The van der Waals surface area contributed by atoms with E-state index in [-0.39, 0.29) is 23.4 Å². The van der Waals surface area contributed by atoms with Crippen LogP contribution in [0.3, 0.4) is 0 Å². The van der Waals surface area contributed by atoms with Gasteiger partial charge in [0.05, 0.1) is 18.1 Å². The van der Waals surface area contributed by atoms with E-state index in [0.29, 0.717) is 29.9 Å². The Kier molecular flexibility index (Phi) is 4.49. The molecule has 0 saturated carbocycles. The van der Waals surface area contributed by atoms with Crippen molar-refractivity contribution < 1.29 is 14.0 Å². The number of aromatic amines is 1. The molecule has 2 aromatic heterocycles. The highest BCUT2D eigenvalue weighted by atomic mass is 35.5. The van der Waals surface area contributed by atoms with Crippen molar-refractivity contribution >= 4 is 40.1 Å². The lowest BCUT2D eigenvalue weighted by Gasteiger charge is -2.16. The lowest BCUT2D eigenvalue weighted by Crippen LogP contribution is -2.36. The number of H-pyrrole nitrogens is 1. The van der Waals surface area contributed by atoms with E-state index in [1.54, 1.807) is 29.4 Å². The number of carbonyl (C=O) groups excluding carboxylic acids is 2. The first kappa shape index (κ1) is 17.4. The predicted octanol–water partition coefficient (Wildman–Crippen LogP) is 2.42. The molecule has 7 nitrogen and oxygen atoms in total. The van der Waals surface area contributed by atoms with Crippen LogP contribution in [0, 0.1) is 11.7 Å². The van der Waals surface area contributed by atoms with Crippen molar-refractivity contribution in [2.24, 2.45) is 5.92 Å². The number of halogens is 2. The summed E-state index contributed by atoms with van der Waals surface area (Å²) in [7, 11) is 0. The lowest BCUT2D eigenvalue weighted by molar-refractivity contribution is -0.132. The number of pyridine rings is 1. The van der Waals surface area contributed by atoms with Crippen molar-refractivity contribution in [3.8, 4) is 0 Å². The van der Waals surface area contributed by atoms with E-state index in [1.165, 1.54) is 12.1 Å². The summed E-state index contributed by atoms with van der Waals surface area (Å²) >= 11 is 5.81. The molecular weight excluding hydrogens is 373 g/mol. The fourth-order valence-electron chi connectivity index (χ4n) is 3.18. The van der Waals surface area contributed by atoms with Gasteiger partial charge < -0.3 is 10.2 Å². The Morgan fingerprint density at radius 2 is 2.19 bits per heavy atom. The molecule has 1 atom stereocenters. The number of aromatic nitrogens is 3. The summed E-state index contributed by atoms with van der Waals surface area (Å²) in [5.74, 6) is -1.93. The largest absolute Gasteiger partial charge is 0.351 e. The zero-order valence-corrected chi connectivity index (χ0v) is 14.8. The Bertz CT molecular complexity index is 1020. The molecule has 9 heteroatoms. The van der Waals surface area contributed by atoms with Crippen LogP contribution in [0.4, 0.5) is 10.1 Å². The molecular formula is C18H15ClFN5O2. The number of rotatable bonds is 4. The fourth-order valence-corrected chi connectivity index (χ4v) is 3.42. The second kappa shape index (κ2) is 6.96. The molecule has 1 saturated heterocycles. The molecule has 2 amide bonds. The summed E-state index contributed by atoms with van der Waals surface area (Å²) in [5, 5.41) is 10.4. The first-order chi connectivity index (χ1) is 13.0. The zero-order chi connectivity index (χ0) is 19.0. The molecule has 0 spiro atoms. The second-order valence-electron chi connectivity index (χ2n) is 6.33. The van der Waals surface area contributed by atoms with Crippen molar-refractivity contribution in [3.05, 3.63) is 53.1 Å². The Hall–Kier alpha value is -3.00. The van der Waals surface area contributed by atoms with Gasteiger partial charge in [0.15, 0.2) is 5.65 Å². The van der Waals surface area contributed by atoms with Crippen molar-refractivity contribution in [3.63, 3.8) is 0 Å². The van der Waals surface area contributed by atoms with Crippen LogP contribution in [0.2, 0.25) is 5.02 Å². The van der Waals surface area contributed by atoms with Crippen molar-refractivity contribution in [1.82, 2.24) is 20.5 Å². The molecule has 1 fully saturated rings.